The van der Waals surface area contributed by atoms with Gasteiger partial charge in [0.1, 0.15) is 5.16 Å². The average molecular weight is 223 g/mol. The van der Waals surface area contributed by atoms with E-state index >= 15 is 0 Å². The van der Waals surface area contributed by atoms with Crippen molar-refractivity contribution in [1.82, 2.24) is 4.90 Å². The molecule has 0 fully saturated rings. The van der Waals surface area contributed by atoms with Crippen molar-refractivity contribution >= 4 is 28.5 Å². The Bertz CT molecular complexity index is 251. The van der Waals surface area contributed by atoms with Crippen LogP contribution >= 0.6 is 23.2 Å². The molecule has 5 heteroatoms. The van der Waals surface area contributed by atoms with E-state index in [9.17, 15) is 0 Å². The molecule has 0 saturated heterocycles. The van der Waals surface area contributed by atoms with E-state index < -0.39 is 0 Å². The van der Waals surface area contributed by atoms with Crippen LogP contribution in [0.15, 0.2) is 16.2 Å². The second-order valence-electron chi connectivity index (χ2n) is 3.12. The molecule has 0 saturated carbocycles. The fourth-order valence-corrected chi connectivity index (χ4v) is 1.98. The van der Waals surface area contributed by atoms with Gasteiger partial charge in [0.25, 0.3) is 0 Å². The van der Waals surface area contributed by atoms with Gasteiger partial charge in [-0.05, 0) is 31.5 Å². The van der Waals surface area contributed by atoms with Gasteiger partial charge in [0.05, 0.1) is 12.6 Å². The molecular formula is C8H12Cl2N2O. The van der Waals surface area contributed by atoms with Gasteiger partial charge >= 0.3 is 0 Å². The number of hydrogen-bond donors (Lipinski definition) is 1. The summed E-state index contributed by atoms with van der Waals surface area (Å²) in [5, 5.41) is 9.76. The van der Waals surface area contributed by atoms with E-state index in [2.05, 4.69) is 4.99 Å². The third-order valence-electron chi connectivity index (χ3n) is 1.84. The Kier molecular flexibility index (Phi) is 3.59. The third-order valence-corrected chi connectivity index (χ3v) is 2.33. The molecule has 1 unspecified atom stereocenters. The lowest BCUT2D eigenvalue weighted by Crippen LogP contribution is -2.45. The molecule has 0 aliphatic carbocycles. The van der Waals surface area contributed by atoms with E-state index in [1.54, 1.807) is 6.08 Å². The van der Waals surface area contributed by atoms with Crippen molar-refractivity contribution in [2.75, 3.05) is 6.61 Å². The topological polar surface area (TPSA) is 35.8 Å². The fraction of sp³-hybridized carbons (Fsp3) is 0.625. The molecule has 0 aromatic heterocycles. The van der Waals surface area contributed by atoms with Crippen molar-refractivity contribution in [3.8, 4) is 0 Å². The normalized spacial score (nSPS) is 23.2. The molecule has 1 heterocycles. The molecule has 1 rings (SSSR count). The maximum atomic E-state index is 9.09. The van der Waals surface area contributed by atoms with Crippen LogP contribution in [0.5, 0.6) is 0 Å². The van der Waals surface area contributed by atoms with Crippen LogP contribution in [0.1, 0.15) is 13.8 Å². The first-order chi connectivity index (χ1) is 6.06. The zero-order valence-corrected chi connectivity index (χ0v) is 9.05. The van der Waals surface area contributed by atoms with Crippen LogP contribution in [0.25, 0.3) is 0 Å². The van der Waals surface area contributed by atoms with Gasteiger partial charge in [0.15, 0.2) is 0 Å². The molecule has 0 amide bonds. The van der Waals surface area contributed by atoms with Crippen molar-refractivity contribution in [2.45, 2.75) is 25.9 Å². The second kappa shape index (κ2) is 4.31. The molecule has 1 aliphatic heterocycles. The van der Waals surface area contributed by atoms with E-state index in [-0.39, 0.29) is 18.7 Å². The van der Waals surface area contributed by atoms with Crippen molar-refractivity contribution in [3.05, 3.63) is 11.2 Å². The Hall–Kier alpha value is -0.250. The predicted molar refractivity (Wildman–Crippen MR) is 55.1 cm³/mol. The van der Waals surface area contributed by atoms with Gasteiger partial charge in [-0.25, -0.2) is 4.99 Å². The SMILES string of the molecule is CC(C)N1C(Cl)=NC(Cl)=CC1CO. The van der Waals surface area contributed by atoms with Gasteiger partial charge in [-0.3, -0.25) is 0 Å². The number of rotatable bonds is 2. The summed E-state index contributed by atoms with van der Waals surface area (Å²) in [5.74, 6) is 0. The molecule has 0 radical (unpaired) electrons. The van der Waals surface area contributed by atoms with Gasteiger partial charge < -0.3 is 10.0 Å². The number of amidine groups is 1. The van der Waals surface area contributed by atoms with E-state index in [4.69, 9.17) is 28.3 Å². The van der Waals surface area contributed by atoms with Crippen LogP contribution in [-0.2, 0) is 0 Å². The molecule has 0 aromatic rings. The predicted octanol–water partition coefficient (Wildman–Crippen LogP) is 1.75. The van der Waals surface area contributed by atoms with E-state index in [1.165, 1.54) is 0 Å². The number of aliphatic hydroxyl groups excluding tert-OH is 1. The minimum Gasteiger partial charge on any atom is -0.394 e. The van der Waals surface area contributed by atoms with Crippen LogP contribution in [0, 0.1) is 0 Å². The standard InChI is InChI=1S/C8H12Cl2N2O/c1-5(2)12-6(4-13)3-7(9)11-8(12)10/h3,5-6,13H,4H2,1-2H3. The highest BCUT2D eigenvalue weighted by Crippen LogP contribution is 2.20. The molecule has 13 heavy (non-hydrogen) atoms. The summed E-state index contributed by atoms with van der Waals surface area (Å²) in [7, 11) is 0. The molecular weight excluding hydrogens is 211 g/mol. The first kappa shape index (κ1) is 10.8. The monoisotopic (exact) mass is 222 g/mol. The molecule has 1 aliphatic rings. The summed E-state index contributed by atoms with van der Waals surface area (Å²) >= 11 is 11.6. The highest BCUT2D eigenvalue weighted by molar-refractivity contribution is 6.65. The number of hydrogen-bond acceptors (Lipinski definition) is 3. The maximum Gasteiger partial charge on any atom is 0.200 e. The molecule has 0 aromatic carbocycles. The minimum absolute atomic E-state index is 0.0137. The van der Waals surface area contributed by atoms with Crippen molar-refractivity contribution in [3.63, 3.8) is 0 Å². The van der Waals surface area contributed by atoms with Crippen LogP contribution in [0.2, 0.25) is 0 Å². The highest BCUT2D eigenvalue weighted by Gasteiger charge is 2.25. The average Bonchev–Trinajstić information content (AvgIpc) is 2.01. The van der Waals surface area contributed by atoms with Gasteiger partial charge in [-0.15, -0.1) is 0 Å². The smallest absolute Gasteiger partial charge is 0.200 e. The lowest BCUT2D eigenvalue weighted by Gasteiger charge is -2.34. The number of aliphatic imine (C=N–C) groups is 1. The summed E-state index contributed by atoms with van der Waals surface area (Å²) in [4.78, 5) is 5.72. The summed E-state index contributed by atoms with van der Waals surface area (Å²) < 4.78 is 0. The molecule has 3 nitrogen and oxygen atoms in total. The van der Waals surface area contributed by atoms with E-state index in [1.807, 2.05) is 18.7 Å². The summed E-state index contributed by atoms with van der Waals surface area (Å²) in [5.41, 5.74) is 0. The zero-order valence-electron chi connectivity index (χ0n) is 7.54. The zero-order chi connectivity index (χ0) is 10.0. The van der Waals surface area contributed by atoms with Gasteiger partial charge in [-0.2, -0.15) is 0 Å². The Morgan fingerprint density at radius 1 is 1.62 bits per heavy atom. The maximum absolute atomic E-state index is 9.09. The summed E-state index contributed by atoms with van der Waals surface area (Å²) in [6.07, 6.45) is 1.69. The van der Waals surface area contributed by atoms with E-state index in [0.29, 0.717) is 10.5 Å². The first-order valence-electron chi connectivity index (χ1n) is 4.07. The summed E-state index contributed by atoms with van der Waals surface area (Å²) in [6, 6.07) is 0.0203. The largest absolute Gasteiger partial charge is 0.394 e. The first-order valence-corrected chi connectivity index (χ1v) is 4.82. The summed E-state index contributed by atoms with van der Waals surface area (Å²) in [6.45, 7) is 3.95. The second-order valence-corrected chi connectivity index (χ2v) is 3.85. The molecule has 0 bridgehead atoms. The van der Waals surface area contributed by atoms with Gasteiger partial charge in [0.2, 0.25) is 5.29 Å². The third kappa shape index (κ3) is 2.36. The lowest BCUT2D eigenvalue weighted by atomic mass is 10.2. The molecule has 74 valence electrons. The molecule has 0 spiro atoms. The minimum atomic E-state index is -0.169. The Morgan fingerprint density at radius 2 is 2.23 bits per heavy atom. The quantitative estimate of drug-likeness (QED) is 0.724. The number of nitrogens with zero attached hydrogens (tertiary/aromatic N) is 2. The van der Waals surface area contributed by atoms with Crippen LogP contribution in [0.3, 0.4) is 0 Å². The Labute approximate surface area is 87.7 Å². The van der Waals surface area contributed by atoms with Gasteiger partial charge in [0, 0.05) is 6.04 Å². The van der Waals surface area contributed by atoms with Crippen LogP contribution in [0.4, 0.5) is 0 Å². The molecule has 1 atom stereocenters. The fourth-order valence-electron chi connectivity index (χ4n) is 1.30. The van der Waals surface area contributed by atoms with Crippen molar-refractivity contribution < 1.29 is 5.11 Å². The Morgan fingerprint density at radius 3 is 2.69 bits per heavy atom. The van der Waals surface area contributed by atoms with Crippen molar-refractivity contribution in [1.29, 1.82) is 0 Å². The highest BCUT2D eigenvalue weighted by atomic mass is 35.5. The number of halogens is 2. The molecule has 1 N–H and O–H groups in total. The van der Waals surface area contributed by atoms with Crippen molar-refractivity contribution in [2.24, 2.45) is 4.99 Å². The van der Waals surface area contributed by atoms with Crippen LogP contribution < -0.4 is 0 Å². The number of aliphatic hydroxyl groups is 1. The Balaban J connectivity index is 2.90. The van der Waals surface area contributed by atoms with Gasteiger partial charge in [-0.1, -0.05) is 11.6 Å². The lowest BCUT2D eigenvalue weighted by molar-refractivity contribution is 0.188. The van der Waals surface area contributed by atoms with Crippen LogP contribution in [-0.4, -0.2) is 34.0 Å². The van der Waals surface area contributed by atoms with E-state index in [0.717, 1.165) is 0 Å².